The Balaban J connectivity index is 1.53. The molecule has 0 unspecified atom stereocenters. The van der Waals surface area contributed by atoms with Crippen molar-refractivity contribution < 1.29 is 19.4 Å². The highest BCUT2D eigenvalue weighted by Gasteiger charge is 2.44. The summed E-state index contributed by atoms with van der Waals surface area (Å²) in [6.45, 7) is 1.64. The third kappa shape index (κ3) is 3.04. The van der Waals surface area contributed by atoms with Gasteiger partial charge in [-0.3, -0.25) is 9.59 Å². The number of piperazine rings is 1. The Morgan fingerprint density at radius 2 is 2.08 bits per heavy atom. The lowest BCUT2D eigenvalue weighted by molar-refractivity contribution is -0.152. The largest absolute Gasteiger partial charge is 0.508 e. The van der Waals surface area contributed by atoms with E-state index in [1.54, 1.807) is 15.9 Å². The van der Waals surface area contributed by atoms with Crippen LogP contribution < -0.4 is 0 Å². The van der Waals surface area contributed by atoms with Crippen LogP contribution >= 0.6 is 23.2 Å². The monoisotopic (exact) mass is 398 g/mol. The number of hydrogen-bond acceptors (Lipinski definition) is 4. The molecule has 6 nitrogen and oxygen atoms in total. The van der Waals surface area contributed by atoms with Crippen LogP contribution in [0.3, 0.4) is 0 Å². The molecule has 3 aliphatic rings. The van der Waals surface area contributed by atoms with Gasteiger partial charge < -0.3 is 19.6 Å². The first kappa shape index (κ1) is 17.9. The maximum Gasteiger partial charge on any atom is 0.252 e. The maximum absolute atomic E-state index is 12.6. The van der Waals surface area contributed by atoms with Crippen molar-refractivity contribution >= 4 is 35.0 Å². The van der Waals surface area contributed by atoms with Crippen molar-refractivity contribution in [2.24, 2.45) is 0 Å². The Morgan fingerprint density at radius 3 is 2.81 bits per heavy atom. The molecule has 1 aromatic rings. The van der Waals surface area contributed by atoms with Gasteiger partial charge in [0.25, 0.3) is 5.91 Å². The molecule has 0 radical (unpaired) electrons. The molecule has 0 aliphatic carbocycles. The number of rotatable bonds is 2. The van der Waals surface area contributed by atoms with E-state index in [2.05, 4.69) is 0 Å². The van der Waals surface area contributed by atoms with Crippen LogP contribution in [0.4, 0.5) is 0 Å². The van der Waals surface area contributed by atoms with Gasteiger partial charge in [0.1, 0.15) is 11.9 Å². The summed E-state index contributed by atoms with van der Waals surface area (Å²) in [5.74, 6) is -0.188. The predicted molar refractivity (Wildman–Crippen MR) is 96.5 cm³/mol. The lowest BCUT2D eigenvalue weighted by atomic mass is 9.95. The third-order valence-corrected chi connectivity index (χ3v) is 6.35. The second kappa shape index (κ2) is 6.91. The Labute approximate surface area is 161 Å². The second-order valence-corrected chi connectivity index (χ2v) is 7.93. The van der Waals surface area contributed by atoms with E-state index in [1.165, 1.54) is 6.07 Å². The summed E-state index contributed by atoms with van der Waals surface area (Å²) < 4.78 is 5.47. The van der Waals surface area contributed by atoms with Crippen LogP contribution in [0, 0.1) is 0 Å². The zero-order valence-electron chi connectivity index (χ0n) is 14.2. The number of ether oxygens (including phenoxy) is 1. The zero-order chi connectivity index (χ0) is 18.4. The predicted octanol–water partition coefficient (Wildman–Crippen LogP) is 2.40. The third-order valence-electron chi connectivity index (χ3n) is 5.53. The fourth-order valence-corrected chi connectivity index (χ4v) is 4.74. The second-order valence-electron chi connectivity index (χ2n) is 7.15. The number of aromatic hydroxyl groups is 1. The maximum atomic E-state index is 12.6. The normalized spacial score (nSPS) is 28.5. The highest BCUT2D eigenvalue weighted by molar-refractivity contribution is 6.42. The van der Waals surface area contributed by atoms with Crippen molar-refractivity contribution in [2.75, 3.05) is 26.2 Å². The fraction of sp³-hybridized carbons (Fsp3) is 0.556. The summed E-state index contributed by atoms with van der Waals surface area (Å²) in [5, 5.41) is 10.9. The molecule has 8 heteroatoms. The molecule has 1 aromatic carbocycles. The molecule has 26 heavy (non-hydrogen) atoms. The lowest BCUT2D eigenvalue weighted by Gasteiger charge is -2.37. The number of amides is 2. The Hall–Kier alpha value is -1.50. The van der Waals surface area contributed by atoms with Crippen LogP contribution in [0.1, 0.15) is 30.7 Å². The Morgan fingerprint density at radius 1 is 1.27 bits per heavy atom. The van der Waals surface area contributed by atoms with Gasteiger partial charge in [-0.1, -0.05) is 23.2 Å². The van der Waals surface area contributed by atoms with Gasteiger partial charge in [0.15, 0.2) is 0 Å². The number of halogens is 2. The van der Waals surface area contributed by atoms with Gasteiger partial charge in [-0.2, -0.15) is 0 Å². The molecule has 0 saturated carbocycles. The molecule has 3 fully saturated rings. The molecule has 1 N–H and O–H groups in total. The number of fused-ring (bicyclic) bond motifs is 1. The quantitative estimate of drug-likeness (QED) is 0.830. The lowest BCUT2D eigenvalue weighted by Crippen LogP contribution is -2.57. The van der Waals surface area contributed by atoms with Crippen LogP contribution in [0.5, 0.6) is 5.75 Å². The fourth-order valence-electron chi connectivity index (χ4n) is 4.27. The van der Waals surface area contributed by atoms with E-state index < -0.39 is 6.10 Å². The Kier molecular flexibility index (Phi) is 4.75. The van der Waals surface area contributed by atoms with Crippen molar-refractivity contribution in [2.45, 2.75) is 37.3 Å². The summed E-state index contributed by atoms with van der Waals surface area (Å²) in [6, 6.07) is 3.00. The average Bonchev–Trinajstić information content (AvgIpc) is 3.27. The summed E-state index contributed by atoms with van der Waals surface area (Å²) >= 11 is 12.4. The first-order valence-corrected chi connectivity index (χ1v) is 9.58. The summed E-state index contributed by atoms with van der Waals surface area (Å²) in [4.78, 5) is 28.6. The molecule has 3 heterocycles. The molecular formula is C18H20Cl2N2O4. The molecule has 0 spiro atoms. The molecule has 3 atom stereocenters. The summed E-state index contributed by atoms with van der Waals surface area (Å²) in [7, 11) is 0. The summed E-state index contributed by atoms with van der Waals surface area (Å²) in [5.41, 5.74) is 0.582. The number of hydrogen-bond donors (Lipinski definition) is 1. The van der Waals surface area contributed by atoms with E-state index >= 15 is 0 Å². The van der Waals surface area contributed by atoms with E-state index in [1.807, 2.05) is 0 Å². The van der Waals surface area contributed by atoms with Crippen molar-refractivity contribution in [3.8, 4) is 5.75 Å². The molecule has 3 aliphatic heterocycles. The van der Waals surface area contributed by atoms with E-state index in [0.29, 0.717) is 48.1 Å². The number of benzene rings is 1. The zero-order valence-corrected chi connectivity index (χ0v) is 15.7. The molecule has 0 bridgehead atoms. The molecule has 0 aromatic heterocycles. The van der Waals surface area contributed by atoms with Gasteiger partial charge in [-0.05, 0) is 31.4 Å². The van der Waals surface area contributed by atoms with Crippen LogP contribution in [0.15, 0.2) is 12.1 Å². The van der Waals surface area contributed by atoms with Gasteiger partial charge in [0.05, 0.1) is 22.6 Å². The van der Waals surface area contributed by atoms with E-state index in [4.69, 9.17) is 27.9 Å². The number of carbonyl (C=O) groups is 2. The minimum absolute atomic E-state index is 0.0762. The SMILES string of the molecule is O=C([C@H]1CCCO1)N1CC(=O)N2C[C@@H](c3c(O)ccc(Cl)c3Cl)C[C@H]2C1. The smallest absolute Gasteiger partial charge is 0.252 e. The number of phenolic OH excluding ortho intramolecular Hbond substituents is 1. The molecule has 2 amide bonds. The molecule has 4 rings (SSSR count). The first-order chi connectivity index (χ1) is 12.5. The molecule has 140 valence electrons. The van der Waals surface area contributed by atoms with Crippen LogP contribution in [0.25, 0.3) is 0 Å². The molecular weight excluding hydrogens is 379 g/mol. The van der Waals surface area contributed by atoms with E-state index in [0.717, 1.165) is 6.42 Å². The summed E-state index contributed by atoms with van der Waals surface area (Å²) in [6.07, 6.45) is 1.81. The van der Waals surface area contributed by atoms with Crippen LogP contribution in [-0.4, -0.2) is 65.1 Å². The van der Waals surface area contributed by atoms with Crippen molar-refractivity contribution in [3.63, 3.8) is 0 Å². The van der Waals surface area contributed by atoms with Crippen molar-refractivity contribution in [3.05, 3.63) is 27.7 Å². The van der Waals surface area contributed by atoms with Crippen molar-refractivity contribution in [1.29, 1.82) is 0 Å². The Bertz CT molecular complexity index is 751. The standard InChI is InChI=1S/C18H20Cl2N2O4/c19-12-3-4-13(23)16(17(12)20)10-6-11-8-21(9-15(24)22(11)7-10)18(25)14-2-1-5-26-14/h3-4,10-11,14,23H,1-2,5-9H2/t10-,11-,14+/m0/s1. The van der Waals surface area contributed by atoms with E-state index in [-0.39, 0.29) is 36.1 Å². The van der Waals surface area contributed by atoms with Gasteiger partial charge in [-0.15, -0.1) is 0 Å². The van der Waals surface area contributed by atoms with Gasteiger partial charge >= 0.3 is 0 Å². The molecule has 3 saturated heterocycles. The topological polar surface area (TPSA) is 70.1 Å². The highest BCUT2D eigenvalue weighted by Crippen LogP contribution is 2.43. The van der Waals surface area contributed by atoms with Crippen LogP contribution in [0.2, 0.25) is 10.0 Å². The van der Waals surface area contributed by atoms with Crippen LogP contribution in [-0.2, 0) is 14.3 Å². The van der Waals surface area contributed by atoms with Gasteiger partial charge in [0.2, 0.25) is 5.91 Å². The first-order valence-electron chi connectivity index (χ1n) is 8.82. The average molecular weight is 399 g/mol. The number of nitrogens with zero attached hydrogens (tertiary/aromatic N) is 2. The van der Waals surface area contributed by atoms with Crippen molar-refractivity contribution in [1.82, 2.24) is 9.80 Å². The minimum atomic E-state index is -0.419. The number of carbonyl (C=O) groups excluding carboxylic acids is 2. The van der Waals surface area contributed by atoms with E-state index in [9.17, 15) is 14.7 Å². The number of phenols is 1. The van der Waals surface area contributed by atoms with Gasteiger partial charge in [0, 0.05) is 31.2 Å². The highest BCUT2D eigenvalue weighted by atomic mass is 35.5. The minimum Gasteiger partial charge on any atom is -0.508 e. The van der Waals surface area contributed by atoms with Gasteiger partial charge in [-0.25, -0.2) is 0 Å².